The normalized spacial score (nSPS) is 15.0. The molecular formula is C27H23N5O2S3. The molecule has 6 rings (SSSR count). The zero-order chi connectivity index (χ0) is 25.4. The topological polar surface area (TPSA) is 89.8 Å². The van der Waals surface area contributed by atoms with E-state index in [0.29, 0.717) is 22.0 Å². The number of amides is 1. The molecule has 1 amide bonds. The first-order valence-corrected chi connectivity index (χ1v) is 14.6. The number of thiophene rings is 1. The molecule has 3 aromatic heterocycles. The molecule has 1 N–H and O–H groups in total. The van der Waals surface area contributed by atoms with Gasteiger partial charge in [0.2, 0.25) is 11.0 Å². The number of rotatable bonds is 6. The average Bonchev–Trinajstić information content (AvgIpc) is 3.52. The van der Waals surface area contributed by atoms with E-state index >= 15 is 0 Å². The van der Waals surface area contributed by atoms with Gasteiger partial charge in [-0.05, 0) is 42.9 Å². The average molecular weight is 546 g/mol. The van der Waals surface area contributed by atoms with Crippen LogP contribution in [0.2, 0.25) is 0 Å². The van der Waals surface area contributed by atoms with Gasteiger partial charge in [-0.1, -0.05) is 67.2 Å². The van der Waals surface area contributed by atoms with Gasteiger partial charge in [0.25, 0.3) is 5.56 Å². The number of fused-ring (bicyclic) bond motifs is 3. The summed E-state index contributed by atoms with van der Waals surface area (Å²) in [5.41, 5.74) is 2.72. The second-order valence-electron chi connectivity index (χ2n) is 9.03. The second kappa shape index (κ2) is 10.2. The van der Waals surface area contributed by atoms with Crippen LogP contribution in [0.3, 0.4) is 0 Å². The van der Waals surface area contributed by atoms with Gasteiger partial charge in [-0.3, -0.25) is 19.5 Å². The number of carbonyl (C=O) groups is 1. The Morgan fingerprint density at radius 3 is 2.65 bits per heavy atom. The number of nitrogens with zero attached hydrogens (tertiary/aromatic N) is 4. The van der Waals surface area contributed by atoms with Crippen LogP contribution in [-0.2, 0) is 17.6 Å². The predicted molar refractivity (Wildman–Crippen MR) is 151 cm³/mol. The highest BCUT2D eigenvalue weighted by Gasteiger charge is 2.25. The van der Waals surface area contributed by atoms with Gasteiger partial charge in [0.15, 0.2) is 11.0 Å². The number of nitrogens with one attached hydrogen (secondary N) is 1. The number of hydrogen-bond acceptors (Lipinski definition) is 8. The number of carbonyl (C=O) groups excluding carboxylic acids is 1. The van der Waals surface area contributed by atoms with Crippen LogP contribution in [0.15, 0.2) is 70.6 Å². The summed E-state index contributed by atoms with van der Waals surface area (Å²) in [6.45, 7) is 2.25. The maximum Gasteiger partial charge on any atom is 0.267 e. The molecule has 3 heterocycles. The third kappa shape index (κ3) is 4.84. The quantitative estimate of drug-likeness (QED) is 0.214. The third-order valence-corrected chi connectivity index (χ3v) is 9.07. The van der Waals surface area contributed by atoms with Gasteiger partial charge in [0, 0.05) is 22.0 Å². The van der Waals surface area contributed by atoms with Crippen molar-refractivity contribution in [3.63, 3.8) is 0 Å². The van der Waals surface area contributed by atoms with Crippen LogP contribution in [0.4, 0.5) is 5.13 Å². The largest absolute Gasteiger partial charge is 0.300 e. The lowest BCUT2D eigenvalue weighted by atomic mass is 9.89. The number of anilines is 1. The van der Waals surface area contributed by atoms with E-state index < -0.39 is 0 Å². The van der Waals surface area contributed by atoms with Crippen molar-refractivity contribution in [3.8, 4) is 17.1 Å². The molecule has 7 nitrogen and oxygen atoms in total. The molecule has 1 aliphatic carbocycles. The van der Waals surface area contributed by atoms with Crippen molar-refractivity contribution in [3.05, 3.63) is 81.5 Å². The van der Waals surface area contributed by atoms with E-state index in [1.807, 2.05) is 60.7 Å². The fraction of sp³-hybridized carbons (Fsp3) is 0.222. The Labute approximate surface area is 225 Å². The highest BCUT2D eigenvalue weighted by molar-refractivity contribution is 7.99. The molecule has 0 aliphatic heterocycles. The Morgan fingerprint density at radius 1 is 1.11 bits per heavy atom. The van der Waals surface area contributed by atoms with E-state index in [2.05, 4.69) is 21.6 Å². The van der Waals surface area contributed by atoms with Crippen molar-refractivity contribution < 1.29 is 4.79 Å². The summed E-state index contributed by atoms with van der Waals surface area (Å²) in [4.78, 5) is 38.0. The number of benzene rings is 2. The van der Waals surface area contributed by atoms with Crippen molar-refractivity contribution in [2.75, 3.05) is 11.1 Å². The highest BCUT2D eigenvalue weighted by atomic mass is 32.2. The Bertz CT molecular complexity index is 1640. The number of hydrogen-bond donors (Lipinski definition) is 1. The molecule has 2 aromatic carbocycles. The van der Waals surface area contributed by atoms with Gasteiger partial charge in [-0.15, -0.1) is 11.3 Å². The number of thioether (sulfide) groups is 1. The minimum atomic E-state index is -0.228. The van der Waals surface area contributed by atoms with Gasteiger partial charge in [0.05, 0.1) is 16.8 Å². The van der Waals surface area contributed by atoms with E-state index in [-0.39, 0.29) is 17.2 Å². The SMILES string of the molecule is CC1CCc2c(sc3nc(SCC(=O)Nc4nc(-c5ccccc5)ns4)n(-c4ccccc4)c(=O)c23)C1. The fourth-order valence-electron chi connectivity index (χ4n) is 4.54. The lowest BCUT2D eigenvalue weighted by molar-refractivity contribution is -0.113. The molecule has 10 heteroatoms. The van der Waals surface area contributed by atoms with Crippen LogP contribution in [0.1, 0.15) is 23.8 Å². The summed E-state index contributed by atoms with van der Waals surface area (Å²) >= 11 is 4.01. The molecule has 0 saturated heterocycles. The van der Waals surface area contributed by atoms with Crippen molar-refractivity contribution in [2.45, 2.75) is 31.3 Å². The number of aromatic nitrogens is 4. The summed E-state index contributed by atoms with van der Waals surface area (Å²) in [6, 6.07) is 19.1. The van der Waals surface area contributed by atoms with Gasteiger partial charge >= 0.3 is 0 Å². The van der Waals surface area contributed by atoms with Gasteiger partial charge in [-0.2, -0.15) is 9.36 Å². The predicted octanol–water partition coefficient (Wildman–Crippen LogP) is 5.82. The molecule has 37 heavy (non-hydrogen) atoms. The molecule has 1 aliphatic rings. The summed E-state index contributed by atoms with van der Waals surface area (Å²) < 4.78 is 5.99. The van der Waals surface area contributed by atoms with E-state index in [4.69, 9.17) is 4.98 Å². The van der Waals surface area contributed by atoms with Crippen molar-refractivity contribution in [2.24, 2.45) is 5.92 Å². The van der Waals surface area contributed by atoms with Crippen LogP contribution in [0, 0.1) is 5.92 Å². The maximum atomic E-state index is 13.8. The zero-order valence-corrected chi connectivity index (χ0v) is 22.5. The number of para-hydroxylation sites is 1. The molecule has 0 saturated carbocycles. The molecule has 1 atom stereocenters. The fourth-order valence-corrected chi connectivity index (χ4v) is 7.38. The van der Waals surface area contributed by atoms with Crippen LogP contribution in [0.25, 0.3) is 27.3 Å². The van der Waals surface area contributed by atoms with Gasteiger partial charge < -0.3 is 0 Å². The maximum absolute atomic E-state index is 13.8. The standard InChI is InChI=1S/C27H23N5O2S3/c1-16-12-13-19-20(14-16)36-24-22(19)25(34)32(18-10-6-3-7-11-18)27(30-24)35-15-21(33)28-26-29-23(31-37-26)17-8-4-2-5-9-17/h2-11,16H,12-15H2,1H3,(H,28,29,31,33). The van der Waals surface area contributed by atoms with E-state index in [1.54, 1.807) is 15.9 Å². The summed E-state index contributed by atoms with van der Waals surface area (Å²) in [7, 11) is 0. The lowest BCUT2D eigenvalue weighted by Gasteiger charge is -2.17. The summed E-state index contributed by atoms with van der Waals surface area (Å²) in [5, 5.41) is 4.50. The van der Waals surface area contributed by atoms with Gasteiger partial charge in [-0.25, -0.2) is 4.98 Å². The van der Waals surface area contributed by atoms with Crippen molar-refractivity contribution >= 4 is 55.9 Å². The Balaban J connectivity index is 1.28. The Kier molecular flexibility index (Phi) is 6.62. The first kappa shape index (κ1) is 24.0. The minimum Gasteiger partial charge on any atom is -0.300 e. The first-order valence-electron chi connectivity index (χ1n) is 12.0. The molecule has 0 fully saturated rings. The molecule has 0 bridgehead atoms. The second-order valence-corrected chi connectivity index (χ2v) is 11.8. The first-order chi connectivity index (χ1) is 18.1. The molecular weight excluding hydrogens is 523 g/mol. The number of aryl methyl sites for hydroxylation is 1. The lowest BCUT2D eigenvalue weighted by Crippen LogP contribution is -2.23. The molecule has 5 aromatic rings. The monoisotopic (exact) mass is 545 g/mol. The van der Waals surface area contributed by atoms with Crippen molar-refractivity contribution in [1.29, 1.82) is 0 Å². The van der Waals surface area contributed by atoms with E-state index in [1.165, 1.54) is 16.6 Å². The molecule has 0 spiro atoms. The van der Waals surface area contributed by atoms with Crippen LogP contribution in [-0.4, -0.2) is 30.6 Å². The van der Waals surface area contributed by atoms with Crippen molar-refractivity contribution in [1.82, 2.24) is 18.9 Å². The molecule has 1 unspecified atom stereocenters. The van der Waals surface area contributed by atoms with Gasteiger partial charge in [0.1, 0.15) is 4.83 Å². The minimum absolute atomic E-state index is 0.0669. The summed E-state index contributed by atoms with van der Waals surface area (Å²) in [6.07, 6.45) is 2.97. The van der Waals surface area contributed by atoms with E-state index in [0.717, 1.165) is 57.8 Å². The van der Waals surface area contributed by atoms with Crippen LogP contribution in [0.5, 0.6) is 0 Å². The Hall–Kier alpha value is -3.34. The summed E-state index contributed by atoms with van der Waals surface area (Å²) in [5.74, 6) is 1.05. The van der Waals surface area contributed by atoms with Crippen LogP contribution < -0.4 is 10.9 Å². The molecule has 0 radical (unpaired) electrons. The van der Waals surface area contributed by atoms with E-state index in [9.17, 15) is 9.59 Å². The third-order valence-electron chi connectivity index (χ3n) is 6.35. The molecule has 186 valence electrons. The Morgan fingerprint density at radius 2 is 1.86 bits per heavy atom. The zero-order valence-electron chi connectivity index (χ0n) is 20.0. The van der Waals surface area contributed by atoms with Crippen LogP contribution >= 0.6 is 34.6 Å². The highest BCUT2D eigenvalue weighted by Crippen LogP contribution is 2.37. The smallest absolute Gasteiger partial charge is 0.267 e.